The van der Waals surface area contributed by atoms with Crippen molar-refractivity contribution in [1.82, 2.24) is 14.8 Å². The van der Waals surface area contributed by atoms with Crippen LogP contribution in [0.15, 0.2) is 35.9 Å². The van der Waals surface area contributed by atoms with E-state index in [1.807, 2.05) is 0 Å². The Bertz CT molecular complexity index is 977. The van der Waals surface area contributed by atoms with Gasteiger partial charge in [-0.1, -0.05) is 30.2 Å². The molecule has 0 atom stereocenters. The monoisotopic (exact) mass is 444 g/mol. The molecule has 0 spiro atoms. The van der Waals surface area contributed by atoms with E-state index in [-0.39, 0.29) is 0 Å². The average molecular weight is 445 g/mol. The number of nitrogens with zero attached hydrogens (tertiary/aromatic N) is 4. The normalized spacial score (nSPS) is 19.8. The number of piperidine rings is 1. The topological polar surface area (TPSA) is 22.6 Å². The molecule has 0 bridgehead atoms. The molecule has 4 nitrogen and oxygen atoms in total. The van der Waals surface area contributed by atoms with Gasteiger partial charge in [-0.05, 0) is 83.3 Å². The number of benzene rings is 1. The zero-order valence-corrected chi connectivity index (χ0v) is 20.8. The third kappa shape index (κ3) is 5.17. The standard InChI is InChI=1S/C29H40N4/c1-22(2)32-15-17-33(18-16-32)27-9-7-25(8-10-27)29-28-21-24(20-26(28)19-23(3)30-29)11-14-31-12-5-4-6-13-31/h7-10,19,21-22H,4-6,11-18,20H2,1-3H3. The minimum absolute atomic E-state index is 0.641. The molecule has 1 aliphatic carbocycles. The molecule has 0 saturated carbocycles. The van der Waals surface area contributed by atoms with E-state index in [4.69, 9.17) is 4.98 Å². The SMILES string of the molecule is Cc1cc2c(c(-c3ccc(N4CCN(C(C)C)CC4)cc3)n1)C=C(CCN1CCCCC1)C2. The highest BCUT2D eigenvalue weighted by Crippen LogP contribution is 2.35. The number of aryl methyl sites for hydroxylation is 1. The Hall–Kier alpha value is -2.17. The van der Waals surface area contributed by atoms with E-state index in [1.165, 1.54) is 67.7 Å². The Labute approximate surface area is 200 Å². The van der Waals surface area contributed by atoms with Crippen molar-refractivity contribution >= 4 is 11.8 Å². The third-order valence-corrected chi connectivity index (χ3v) is 7.79. The van der Waals surface area contributed by atoms with Crippen molar-refractivity contribution in [3.8, 4) is 11.3 Å². The minimum atomic E-state index is 0.641. The number of piperazine rings is 1. The van der Waals surface area contributed by atoms with Gasteiger partial charge in [-0.2, -0.15) is 0 Å². The van der Waals surface area contributed by atoms with E-state index in [2.05, 4.69) is 71.9 Å². The lowest BCUT2D eigenvalue weighted by atomic mass is 10.0. The van der Waals surface area contributed by atoms with Crippen LogP contribution in [0, 0.1) is 6.92 Å². The summed E-state index contributed by atoms with van der Waals surface area (Å²) in [6, 6.07) is 12.1. The number of rotatable bonds is 6. The molecule has 2 fully saturated rings. The molecule has 3 aliphatic rings. The van der Waals surface area contributed by atoms with Crippen LogP contribution in [0.1, 0.15) is 56.4 Å². The second kappa shape index (κ2) is 9.99. The van der Waals surface area contributed by atoms with Crippen molar-refractivity contribution in [1.29, 1.82) is 0 Å². The smallest absolute Gasteiger partial charge is 0.0780 e. The van der Waals surface area contributed by atoms with Crippen LogP contribution < -0.4 is 4.90 Å². The highest BCUT2D eigenvalue weighted by atomic mass is 15.3. The number of hydrogen-bond acceptors (Lipinski definition) is 4. The molecule has 1 aromatic heterocycles. The van der Waals surface area contributed by atoms with E-state index in [1.54, 1.807) is 5.57 Å². The number of likely N-dealkylation sites (tertiary alicyclic amines) is 1. The number of hydrogen-bond donors (Lipinski definition) is 0. The molecular formula is C29H40N4. The van der Waals surface area contributed by atoms with E-state index in [9.17, 15) is 0 Å². The van der Waals surface area contributed by atoms with Gasteiger partial charge in [-0.25, -0.2) is 0 Å². The predicted molar refractivity (Wildman–Crippen MR) is 140 cm³/mol. The summed E-state index contributed by atoms with van der Waals surface area (Å²) in [7, 11) is 0. The van der Waals surface area contributed by atoms with Gasteiger partial charge < -0.3 is 9.80 Å². The van der Waals surface area contributed by atoms with Gasteiger partial charge >= 0.3 is 0 Å². The summed E-state index contributed by atoms with van der Waals surface area (Å²) in [5.41, 5.74) is 9.26. The molecule has 0 radical (unpaired) electrons. The van der Waals surface area contributed by atoms with Crippen molar-refractivity contribution in [3.63, 3.8) is 0 Å². The molecule has 3 heterocycles. The molecule has 2 aliphatic heterocycles. The van der Waals surface area contributed by atoms with Crippen LogP contribution in [0.2, 0.25) is 0 Å². The summed E-state index contributed by atoms with van der Waals surface area (Å²) in [6.45, 7) is 15.0. The summed E-state index contributed by atoms with van der Waals surface area (Å²) in [6.07, 6.45) is 8.88. The van der Waals surface area contributed by atoms with Crippen molar-refractivity contribution in [3.05, 3.63) is 52.7 Å². The molecule has 2 saturated heterocycles. The molecule has 0 N–H and O–H groups in total. The zero-order valence-electron chi connectivity index (χ0n) is 20.8. The maximum absolute atomic E-state index is 5.00. The first-order chi connectivity index (χ1) is 16.1. The highest BCUT2D eigenvalue weighted by molar-refractivity contribution is 5.79. The van der Waals surface area contributed by atoms with Crippen LogP contribution in [0.5, 0.6) is 0 Å². The van der Waals surface area contributed by atoms with Gasteiger partial charge in [0.05, 0.1) is 5.69 Å². The quantitative estimate of drug-likeness (QED) is 0.595. The number of aromatic nitrogens is 1. The fourth-order valence-corrected chi connectivity index (χ4v) is 5.75. The van der Waals surface area contributed by atoms with Gasteiger partial charge in [0.15, 0.2) is 0 Å². The van der Waals surface area contributed by atoms with Crippen molar-refractivity contribution in [2.24, 2.45) is 0 Å². The number of anilines is 1. The second-order valence-electron chi connectivity index (χ2n) is 10.5. The lowest BCUT2D eigenvalue weighted by Gasteiger charge is -2.38. The van der Waals surface area contributed by atoms with E-state index >= 15 is 0 Å². The minimum Gasteiger partial charge on any atom is -0.369 e. The Kier molecular flexibility index (Phi) is 6.84. The first-order valence-corrected chi connectivity index (χ1v) is 13.1. The Morgan fingerprint density at radius 2 is 1.64 bits per heavy atom. The Morgan fingerprint density at radius 1 is 0.909 bits per heavy atom. The van der Waals surface area contributed by atoms with Crippen LogP contribution in [-0.2, 0) is 6.42 Å². The van der Waals surface area contributed by atoms with Crippen LogP contribution in [0.4, 0.5) is 5.69 Å². The molecule has 1 aromatic carbocycles. The van der Waals surface area contributed by atoms with Gasteiger partial charge in [0.25, 0.3) is 0 Å². The second-order valence-corrected chi connectivity index (χ2v) is 10.5. The van der Waals surface area contributed by atoms with Crippen LogP contribution in [0.3, 0.4) is 0 Å². The van der Waals surface area contributed by atoms with Crippen LogP contribution in [0.25, 0.3) is 17.3 Å². The molecule has 0 amide bonds. The molecule has 5 rings (SSSR count). The summed E-state index contributed by atoms with van der Waals surface area (Å²) >= 11 is 0. The van der Waals surface area contributed by atoms with Crippen molar-refractivity contribution in [2.75, 3.05) is 50.7 Å². The maximum Gasteiger partial charge on any atom is 0.0780 e. The molecule has 0 unspecified atom stereocenters. The van der Waals surface area contributed by atoms with Gasteiger partial charge in [0.1, 0.15) is 0 Å². The Balaban J connectivity index is 1.29. The van der Waals surface area contributed by atoms with Crippen molar-refractivity contribution in [2.45, 2.75) is 58.9 Å². The van der Waals surface area contributed by atoms with E-state index in [0.29, 0.717) is 6.04 Å². The third-order valence-electron chi connectivity index (χ3n) is 7.79. The fourth-order valence-electron chi connectivity index (χ4n) is 5.75. The first-order valence-electron chi connectivity index (χ1n) is 13.1. The lowest BCUT2D eigenvalue weighted by molar-refractivity contribution is 0.209. The average Bonchev–Trinajstić information content (AvgIpc) is 3.26. The zero-order chi connectivity index (χ0) is 22.8. The highest BCUT2D eigenvalue weighted by Gasteiger charge is 2.21. The lowest BCUT2D eigenvalue weighted by Crippen LogP contribution is -2.48. The van der Waals surface area contributed by atoms with Gasteiger partial charge in [-0.15, -0.1) is 0 Å². The van der Waals surface area contributed by atoms with Gasteiger partial charge in [-0.3, -0.25) is 9.88 Å². The Morgan fingerprint density at radius 3 is 2.33 bits per heavy atom. The predicted octanol–water partition coefficient (Wildman–Crippen LogP) is 5.40. The summed E-state index contributed by atoms with van der Waals surface area (Å²) < 4.78 is 0. The summed E-state index contributed by atoms with van der Waals surface area (Å²) in [5, 5.41) is 0. The largest absolute Gasteiger partial charge is 0.369 e. The molecule has 176 valence electrons. The summed E-state index contributed by atoms with van der Waals surface area (Å²) in [5.74, 6) is 0. The van der Waals surface area contributed by atoms with Gasteiger partial charge in [0.2, 0.25) is 0 Å². The number of fused-ring (bicyclic) bond motifs is 1. The fraction of sp³-hybridized carbons (Fsp3) is 0.552. The molecule has 33 heavy (non-hydrogen) atoms. The summed E-state index contributed by atoms with van der Waals surface area (Å²) in [4.78, 5) is 12.7. The van der Waals surface area contributed by atoms with E-state index < -0.39 is 0 Å². The molecule has 4 heteroatoms. The first kappa shape index (κ1) is 22.6. The molecular weight excluding hydrogens is 404 g/mol. The maximum atomic E-state index is 5.00. The van der Waals surface area contributed by atoms with Crippen molar-refractivity contribution < 1.29 is 0 Å². The van der Waals surface area contributed by atoms with E-state index in [0.717, 1.165) is 44.0 Å². The van der Waals surface area contributed by atoms with Gasteiger partial charge in [0, 0.05) is 61.3 Å². The number of pyridine rings is 1. The van der Waals surface area contributed by atoms with Crippen LogP contribution in [-0.4, -0.2) is 66.6 Å². The van der Waals surface area contributed by atoms with Crippen LogP contribution >= 0.6 is 0 Å². The molecule has 2 aromatic rings.